The van der Waals surface area contributed by atoms with Gasteiger partial charge in [0, 0.05) is 6.07 Å². The molecule has 182 valence electrons. The Labute approximate surface area is 202 Å². The Morgan fingerprint density at radius 2 is 1.57 bits per heavy atom. The number of anilines is 1. The number of nitrogens with zero attached hydrogens (tertiary/aromatic N) is 2. The summed E-state index contributed by atoms with van der Waals surface area (Å²) in [7, 11) is 0. The predicted octanol–water partition coefficient (Wildman–Crippen LogP) is 3.45. The van der Waals surface area contributed by atoms with Gasteiger partial charge in [-0.15, -0.1) is 0 Å². The maximum Gasteiger partial charge on any atom is 0.336 e. The Balaban J connectivity index is 2.03. The molecule has 0 saturated carbocycles. The summed E-state index contributed by atoms with van der Waals surface area (Å²) in [5, 5.41) is 11.0. The van der Waals surface area contributed by atoms with E-state index in [0.717, 1.165) is 4.90 Å². The summed E-state index contributed by atoms with van der Waals surface area (Å²) in [5.41, 5.74) is 0.342. The van der Waals surface area contributed by atoms with Crippen LogP contribution in [0.1, 0.15) is 26.3 Å². The van der Waals surface area contributed by atoms with Gasteiger partial charge in [-0.3, -0.25) is 14.9 Å². The summed E-state index contributed by atoms with van der Waals surface area (Å²) >= 11 is 0. The summed E-state index contributed by atoms with van der Waals surface area (Å²) in [6.07, 6.45) is 1.35. The second-order valence-corrected chi connectivity index (χ2v) is 7.04. The van der Waals surface area contributed by atoms with Crippen molar-refractivity contribution in [2.75, 3.05) is 31.3 Å². The summed E-state index contributed by atoms with van der Waals surface area (Å²) in [6, 6.07) is 10.5. The second kappa shape index (κ2) is 11.6. The number of urea groups is 1. The Morgan fingerprint density at radius 3 is 2.26 bits per heavy atom. The van der Waals surface area contributed by atoms with E-state index in [-0.39, 0.29) is 23.6 Å². The quantitative estimate of drug-likeness (QED) is 0.405. The van der Waals surface area contributed by atoms with Crippen LogP contribution in [0.4, 0.5) is 10.5 Å². The first-order valence-corrected chi connectivity index (χ1v) is 11.0. The number of carbonyl (C=O) groups is 3. The van der Waals surface area contributed by atoms with E-state index in [0.29, 0.717) is 42.6 Å². The van der Waals surface area contributed by atoms with Crippen molar-refractivity contribution in [3.63, 3.8) is 0 Å². The Morgan fingerprint density at radius 1 is 0.886 bits per heavy atom. The van der Waals surface area contributed by atoms with Crippen molar-refractivity contribution in [3.05, 3.63) is 47.5 Å². The number of nitriles is 1. The number of imide groups is 2. The minimum Gasteiger partial charge on any atom is -0.494 e. The molecule has 1 heterocycles. The SMILES string of the molecule is CCOc1ccc(OCC)c(N2C(=O)NC(=O)/C(=C\c3ccc(OCC#N)c(OCC)c3)C2=O)c1. The van der Waals surface area contributed by atoms with Crippen molar-refractivity contribution in [1.29, 1.82) is 5.26 Å². The topological polar surface area (TPSA) is 127 Å². The van der Waals surface area contributed by atoms with Gasteiger partial charge in [0.15, 0.2) is 18.1 Å². The second-order valence-electron chi connectivity index (χ2n) is 7.04. The van der Waals surface area contributed by atoms with Gasteiger partial charge < -0.3 is 18.9 Å². The van der Waals surface area contributed by atoms with Crippen LogP contribution in [0.3, 0.4) is 0 Å². The summed E-state index contributed by atoms with van der Waals surface area (Å²) in [4.78, 5) is 39.5. The number of barbiturate groups is 1. The molecular weight excluding hydrogens is 454 g/mol. The monoisotopic (exact) mass is 479 g/mol. The molecule has 1 aliphatic rings. The Hall–Kier alpha value is -4.52. The zero-order valence-corrected chi connectivity index (χ0v) is 19.6. The van der Waals surface area contributed by atoms with Crippen molar-refractivity contribution < 1.29 is 33.3 Å². The van der Waals surface area contributed by atoms with Crippen LogP contribution in [0.5, 0.6) is 23.0 Å². The van der Waals surface area contributed by atoms with Gasteiger partial charge in [0.25, 0.3) is 11.8 Å². The molecule has 4 amide bonds. The fraction of sp³-hybridized carbons (Fsp3) is 0.280. The van der Waals surface area contributed by atoms with Crippen LogP contribution < -0.4 is 29.2 Å². The van der Waals surface area contributed by atoms with Gasteiger partial charge in [0.2, 0.25) is 0 Å². The molecule has 2 aromatic carbocycles. The molecule has 0 aliphatic carbocycles. The number of carbonyl (C=O) groups excluding carboxylic acids is 3. The van der Waals surface area contributed by atoms with E-state index < -0.39 is 17.8 Å². The third-order valence-corrected chi connectivity index (χ3v) is 4.75. The van der Waals surface area contributed by atoms with Crippen molar-refractivity contribution in [2.24, 2.45) is 0 Å². The van der Waals surface area contributed by atoms with Crippen LogP contribution in [0, 0.1) is 11.3 Å². The third-order valence-electron chi connectivity index (χ3n) is 4.75. The zero-order chi connectivity index (χ0) is 25.4. The normalized spacial score (nSPS) is 14.4. The molecule has 2 aromatic rings. The summed E-state index contributed by atoms with van der Waals surface area (Å²) in [6.45, 7) is 6.21. The van der Waals surface area contributed by atoms with Gasteiger partial charge in [0.1, 0.15) is 23.1 Å². The van der Waals surface area contributed by atoms with E-state index in [1.165, 1.54) is 12.1 Å². The number of nitrogens with one attached hydrogen (secondary N) is 1. The Kier molecular flexibility index (Phi) is 8.29. The smallest absolute Gasteiger partial charge is 0.336 e. The molecule has 0 radical (unpaired) electrons. The average Bonchev–Trinajstić information content (AvgIpc) is 2.83. The number of ether oxygens (including phenoxy) is 4. The van der Waals surface area contributed by atoms with Gasteiger partial charge in [-0.25, -0.2) is 9.69 Å². The van der Waals surface area contributed by atoms with Crippen molar-refractivity contribution in [1.82, 2.24) is 5.32 Å². The molecule has 1 fully saturated rings. The molecule has 1 N–H and O–H groups in total. The van der Waals surface area contributed by atoms with E-state index >= 15 is 0 Å². The molecule has 0 aromatic heterocycles. The van der Waals surface area contributed by atoms with Gasteiger partial charge in [-0.2, -0.15) is 5.26 Å². The maximum atomic E-state index is 13.4. The van der Waals surface area contributed by atoms with Crippen LogP contribution in [0.2, 0.25) is 0 Å². The number of amides is 4. The molecule has 0 bridgehead atoms. The first kappa shape index (κ1) is 25.1. The van der Waals surface area contributed by atoms with Crippen LogP contribution >= 0.6 is 0 Å². The fourth-order valence-electron chi connectivity index (χ4n) is 3.36. The number of benzene rings is 2. The van der Waals surface area contributed by atoms with Crippen LogP contribution in [-0.2, 0) is 9.59 Å². The number of hydrogen-bond acceptors (Lipinski definition) is 8. The highest BCUT2D eigenvalue weighted by Gasteiger charge is 2.38. The van der Waals surface area contributed by atoms with Crippen LogP contribution in [0.15, 0.2) is 42.0 Å². The van der Waals surface area contributed by atoms with Crippen molar-refractivity contribution in [3.8, 4) is 29.1 Å². The fourth-order valence-corrected chi connectivity index (χ4v) is 3.36. The van der Waals surface area contributed by atoms with E-state index in [2.05, 4.69) is 5.32 Å². The number of rotatable bonds is 10. The minimum absolute atomic E-state index is 0.147. The van der Waals surface area contributed by atoms with E-state index in [1.807, 2.05) is 13.0 Å². The first-order valence-electron chi connectivity index (χ1n) is 11.0. The lowest BCUT2D eigenvalue weighted by atomic mass is 10.1. The standard InChI is InChI=1S/C25H25N3O7/c1-4-32-17-8-10-20(33-5-2)19(15-17)28-24(30)18(23(29)27-25(28)31)13-16-7-9-21(35-12-11-26)22(14-16)34-6-3/h7-10,13-15H,4-6,12H2,1-3H3,(H,27,29,31)/b18-13+. The maximum absolute atomic E-state index is 13.4. The molecule has 10 heteroatoms. The molecule has 1 aliphatic heterocycles. The first-order chi connectivity index (χ1) is 16.9. The van der Waals surface area contributed by atoms with Crippen molar-refractivity contribution >= 4 is 29.6 Å². The molecule has 0 atom stereocenters. The predicted molar refractivity (Wildman–Crippen MR) is 127 cm³/mol. The Bertz CT molecular complexity index is 1200. The highest BCUT2D eigenvalue weighted by molar-refractivity contribution is 6.39. The highest BCUT2D eigenvalue weighted by atomic mass is 16.5. The van der Waals surface area contributed by atoms with Gasteiger partial charge in [-0.05, 0) is 56.7 Å². The molecule has 0 unspecified atom stereocenters. The zero-order valence-electron chi connectivity index (χ0n) is 19.6. The largest absolute Gasteiger partial charge is 0.494 e. The van der Waals surface area contributed by atoms with Crippen LogP contribution in [-0.4, -0.2) is 44.3 Å². The lowest BCUT2D eigenvalue weighted by Gasteiger charge is -2.28. The lowest BCUT2D eigenvalue weighted by Crippen LogP contribution is -2.54. The summed E-state index contributed by atoms with van der Waals surface area (Å²) < 4.78 is 22.0. The summed E-state index contributed by atoms with van der Waals surface area (Å²) in [5.74, 6) is -0.249. The van der Waals surface area contributed by atoms with Crippen LogP contribution in [0.25, 0.3) is 6.08 Å². The van der Waals surface area contributed by atoms with E-state index in [4.69, 9.17) is 24.2 Å². The molecule has 3 rings (SSSR count). The minimum atomic E-state index is -0.901. The molecule has 35 heavy (non-hydrogen) atoms. The molecular formula is C25H25N3O7. The number of hydrogen-bond donors (Lipinski definition) is 1. The average molecular weight is 479 g/mol. The van der Waals surface area contributed by atoms with Gasteiger partial charge in [-0.1, -0.05) is 6.07 Å². The lowest BCUT2D eigenvalue weighted by molar-refractivity contribution is -0.122. The third kappa shape index (κ3) is 5.70. The highest BCUT2D eigenvalue weighted by Crippen LogP contribution is 2.35. The van der Waals surface area contributed by atoms with E-state index in [1.54, 1.807) is 44.2 Å². The van der Waals surface area contributed by atoms with Gasteiger partial charge >= 0.3 is 6.03 Å². The van der Waals surface area contributed by atoms with Crippen molar-refractivity contribution in [2.45, 2.75) is 20.8 Å². The molecule has 0 spiro atoms. The van der Waals surface area contributed by atoms with Gasteiger partial charge in [0.05, 0.1) is 25.5 Å². The molecule has 10 nitrogen and oxygen atoms in total. The van der Waals surface area contributed by atoms with E-state index in [9.17, 15) is 14.4 Å². The molecule has 1 saturated heterocycles.